The molecule has 0 bridgehead atoms. The van der Waals surface area contributed by atoms with Crippen LogP contribution in [0.2, 0.25) is 10.0 Å². The summed E-state index contributed by atoms with van der Waals surface area (Å²) in [6.45, 7) is 1.34. The van der Waals surface area contributed by atoms with E-state index in [-0.39, 0.29) is 29.6 Å². The molecule has 0 aliphatic heterocycles. The number of Topliss-reactive ketones (excluding diaryl/α,β-unsaturated/α-hetero) is 1. The van der Waals surface area contributed by atoms with E-state index in [1.54, 1.807) is 30.3 Å². The van der Waals surface area contributed by atoms with Crippen molar-refractivity contribution in [2.45, 2.75) is 13.3 Å². The van der Waals surface area contributed by atoms with Crippen molar-refractivity contribution in [1.82, 2.24) is 9.97 Å². The molecule has 1 heterocycles. The van der Waals surface area contributed by atoms with Crippen LogP contribution in [0.4, 0.5) is 11.6 Å². The van der Waals surface area contributed by atoms with Gasteiger partial charge in [0.05, 0.1) is 26.0 Å². The van der Waals surface area contributed by atoms with Crippen molar-refractivity contribution >= 4 is 57.4 Å². The van der Waals surface area contributed by atoms with Crippen molar-refractivity contribution in [2.75, 3.05) is 5.43 Å². The lowest BCUT2D eigenvalue weighted by molar-refractivity contribution is -0.385. The number of para-hydroxylation sites is 1. The third-order valence-electron chi connectivity index (χ3n) is 3.77. The fourth-order valence-corrected chi connectivity index (χ4v) is 2.76. The van der Waals surface area contributed by atoms with Crippen LogP contribution in [0.15, 0.2) is 41.5 Å². The first kappa shape index (κ1) is 18.8. The number of nitro benzene ring substituents is 1. The predicted molar refractivity (Wildman–Crippen MR) is 105 cm³/mol. The molecule has 1 aromatic heterocycles. The lowest BCUT2D eigenvalue weighted by Gasteiger charge is -2.04. The Balaban J connectivity index is 1.87. The van der Waals surface area contributed by atoms with E-state index >= 15 is 0 Å². The molecule has 3 rings (SSSR count). The second-order valence-corrected chi connectivity index (χ2v) is 6.47. The number of nitrogens with one attached hydrogen (secondary N) is 2. The van der Waals surface area contributed by atoms with Gasteiger partial charge in [0.1, 0.15) is 5.71 Å². The van der Waals surface area contributed by atoms with Crippen LogP contribution < -0.4 is 5.43 Å². The Morgan fingerprint density at radius 1 is 1.30 bits per heavy atom. The van der Waals surface area contributed by atoms with Crippen LogP contribution in [0.5, 0.6) is 0 Å². The minimum Gasteiger partial charge on any atom is -0.323 e. The quantitative estimate of drug-likeness (QED) is 0.358. The molecule has 0 fully saturated rings. The summed E-state index contributed by atoms with van der Waals surface area (Å²) in [4.78, 5) is 29.8. The van der Waals surface area contributed by atoms with Gasteiger partial charge in [0.15, 0.2) is 5.78 Å². The van der Waals surface area contributed by atoms with Gasteiger partial charge in [0, 0.05) is 25.0 Å². The van der Waals surface area contributed by atoms with Crippen LogP contribution >= 0.6 is 23.2 Å². The first-order valence-corrected chi connectivity index (χ1v) is 8.51. The Labute approximate surface area is 163 Å². The summed E-state index contributed by atoms with van der Waals surface area (Å²) in [5.41, 5.74) is 4.33. The average Bonchev–Trinajstić information content (AvgIpc) is 3.00. The van der Waals surface area contributed by atoms with Crippen LogP contribution in [0, 0.1) is 10.1 Å². The van der Waals surface area contributed by atoms with Crippen molar-refractivity contribution in [1.29, 1.82) is 0 Å². The molecule has 0 saturated carbocycles. The third kappa shape index (κ3) is 4.24. The number of aromatic nitrogens is 2. The maximum absolute atomic E-state index is 11.9. The number of nitrogens with zero attached hydrogens (tertiary/aromatic N) is 3. The summed E-state index contributed by atoms with van der Waals surface area (Å²) in [6, 6.07) is 9.43. The Morgan fingerprint density at radius 2 is 2.00 bits per heavy atom. The Hall–Kier alpha value is -2.97. The second-order valence-electron chi connectivity index (χ2n) is 5.66. The van der Waals surface area contributed by atoms with Crippen LogP contribution in [0.1, 0.15) is 12.5 Å². The standard InChI is InChI=1S/C17H13Cl2N5O3/c1-9(25)13(6-10-4-2-3-5-16(10)24(26)27)22-23-17-20-14-7-11(18)12(19)8-15(14)21-17/h2-5,7-8H,6H2,1H3,(H2,20,21,23)/b22-13+. The molecule has 0 radical (unpaired) electrons. The maximum Gasteiger partial charge on any atom is 0.272 e. The molecule has 10 heteroatoms. The predicted octanol–water partition coefficient (Wildman–Crippen LogP) is 4.38. The molecule has 2 aromatic carbocycles. The fourth-order valence-electron chi connectivity index (χ4n) is 2.44. The number of nitro groups is 1. The van der Waals surface area contributed by atoms with Gasteiger partial charge in [-0.1, -0.05) is 41.4 Å². The van der Waals surface area contributed by atoms with Gasteiger partial charge < -0.3 is 4.98 Å². The molecule has 0 atom stereocenters. The van der Waals surface area contributed by atoms with Crippen molar-refractivity contribution < 1.29 is 9.72 Å². The van der Waals surface area contributed by atoms with E-state index in [1.165, 1.54) is 13.0 Å². The van der Waals surface area contributed by atoms with E-state index in [1.807, 2.05) is 0 Å². The smallest absolute Gasteiger partial charge is 0.272 e. The van der Waals surface area contributed by atoms with E-state index in [4.69, 9.17) is 23.2 Å². The van der Waals surface area contributed by atoms with Gasteiger partial charge in [0.25, 0.3) is 5.69 Å². The molecule has 0 saturated heterocycles. The van der Waals surface area contributed by atoms with Gasteiger partial charge >= 0.3 is 0 Å². The fraction of sp³-hybridized carbons (Fsp3) is 0.118. The molecule has 3 aromatic rings. The monoisotopic (exact) mass is 405 g/mol. The number of benzene rings is 2. The Bertz CT molecular complexity index is 1040. The number of hydrogen-bond acceptors (Lipinski definition) is 6. The summed E-state index contributed by atoms with van der Waals surface area (Å²) in [5.74, 6) is -0.0347. The van der Waals surface area contributed by atoms with Gasteiger partial charge in [-0.05, 0) is 12.1 Å². The summed E-state index contributed by atoms with van der Waals surface area (Å²) in [5, 5.41) is 15.9. The van der Waals surface area contributed by atoms with E-state index < -0.39 is 4.92 Å². The minimum atomic E-state index is -0.493. The van der Waals surface area contributed by atoms with Crippen LogP contribution in [-0.2, 0) is 11.2 Å². The zero-order chi connectivity index (χ0) is 19.6. The van der Waals surface area contributed by atoms with Crippen LogP contribution in [0.25, 0.3) is 11.0 Å². The number of imidazole rings is 1. The van der Waals surface area contributed by atoms with Crippen molar-refractivity contribution in [2.24, 2.45) is 5.10 Å². The van der Waals surface area contributed by atoms with Gasteiger partial charge in [-0.25, -0.2) is 10.4 Å². The largest absolute Gasteiger partial charge is 0.323 e. The number of ketones is 1. The normalized spacial score (nSPS) is 11.6. The number of anilines is 1. The molecular weight excluding hydrogens is 393 g/mol. The highest BCUT2D eigenvalue weighted by molar-refractivity contribution is 6.42. The number of rotatable bonds is 6. The average molecular weight is 406 g/mol. The molecule has 0 unspecified atom stereocenters. The summed E-state index contributed by atoms with van der Waals surface area (Å²) >= 11 is 11.9. The van der Waals surface area contributed by atoms with E-state index in [2.05, 4.69) is 20.5 Å². The Kier molecular flexibility index (Phi) is 5.38. The number of hydrogen-bond donors (Lipinski definition) is 2. The van der Waals surface area contributed by atoms with Gasteiger partial charge in [-0.15, -0.1) is 0 Å². The molecule has 0 aliphatic rings. The number of carbonyl (C=O) groups is 1. The zero-order valence-electron chi connectivity index (χ0n) is 14.0. The molecule has 8 nitrogen and oxygen atoms in total. The van der Waals surface area contributed by atoms with E-state index in [0.29, 0.717) is 26.6 Å². The summed E-state index contributed by atoms with van der Waals surface area (Å²) in [7, 11) is 0. The topological polar surface area (TPSA) is 113 Å². The second kappa shape index (κ2) is 7.73. The maximum atomic E-state index is 11.9. The number of hydrazone groups is 1. The molecule has 0 spiro atoms. The van der Waals surface area contributed by atoms with Crippen molar-refractivity contribution in [3.63, 3.8) is 0 Å². The number of halogens is 2. The highest BCUT2D eigenvalue weighted by Gasteiger charge is 2.17. The number of fused-ring (bicyclic) bond motifs is 1. The van der Waals surface area contributed by atoms with Crippen molar-refractivity contribution in [3.8, 4) is 0 Å². The molecule has 0 aliphatic carbocycles. The number of carbonyl (C=O) groups excluding carboxylic acids is 1. The third-order valence-corrected chi connectivity index (χ3v) is 4.50. The lowest BCUT2D eigenvalue weighted by Crippen LogP contribution is -2.16. The highest BCUT2D eigenvalue weighted by atomic mass is 35.5. The molecular formula is C17H13Cl2N5O3. The summed E-state index contributed by atoms with van der Waals surface area (Å²) in [6.07, 6.45) is 0.0113. The van der Waals surface area contributed by atoms with E-state index in [0.717, 1.165) is 0 Å². The molecule has 0 amide bonds. The van der Waals surface area contributed by atoms with Crippen LogP contribution in [0.3, 0.4) is 0 Å². The first-order chi connectivity index (χ1) is 12.8. The lowest BCUT2D eigenvalue weighted by atomic mass is 10.0. The molecule has 138 valence electrons. The Morgan fingerprint density at radius 3 is 2.70 bits per heavy atom. The summed E-state index contributed by atoms with van der Waals surface area (Å²) < 4.78 is 0. The SMILES string of the molecule is CC(=O)/C(Cc1ccccc1[N+](=O)[O-])=N/Nc1nc2cc(Cl)c(Cl)cc2[nH]1. The van der Waals surface area contributed by atoms with Gasteiger partial charge in [-0.3, -0.25) is 14.9 Å². The zero-order valence-corrected chi connectivity index (χ0v) is 15.5. The van der Waals surface area contributed by atoms with Crippen LogP contribution in [-0.4, -0.2) is 26.4 Å². The number of H-pyrrole nitrogens is 1. The highest BCUT2D eigenvalue weighted by Crippen LogP contribution is 2.27. The molecule has 27 heavy (non-hydrogen) atoms. The molecule has 2 N–H and O–H groups in total. The van der Waals surface area contributed by atoms with Crippen molar-refractivity contribution in [3.05, 3.63) is 62.1 Å². The minimum absolute atomic E-state index is 0.0113. The number of aromatic amines is 1. The first-order valence-electron chi connectivity index (χ1n) is 7.75. The van der Waals surface area contributed by atoms with Gasteiger partial charge in [-0.2, -0.15) is 5.10 Å². The van der Waals surface area contributed by atoms with E-state index in [9.17, 15) is 14.9 Å². The van der Waals surface area contributed by atoms with Gasteiger partial charge in [0.2, 0.25) is 5.95 Å².